The standard InChI is InChI=1S/C16H22N2O3S/c1-2-17-16(19)15-8-11-18(12-9-15)22(20,21)13-10-14-6-4-3-5-7-14/h3-7,10,13,15H,2,8-9,11-12H2,1H3,(H,17,19)/b13-10+. The van der Waals surface area contributed by atoms with Crippen molar-refractivity contribution < 1.29 is 13.2 Å². The van der Waals surface area contributed by atoms with Gasteiger partial charge in [-0.3, -0.25) is 4.79 Å². The molecule has 6 heteroatoms. The smallest absolute Gasteiger partial charge is 0.236 e. The van der Waals surface area contributed by atoms with Crippen LogP contribution in [0.2, 0.25) is 0 Å². The average Bonchev–Trinajstić information content (AvgIpc) is 2.54. The maximum atomic E-state index is 12.3. The topological polar surface area (TPSA) is 66.5 Å². The molecule has 1 saturated heterocycles. The van der Waals surface area contributed by atoms with Crippen molar-refractivity contribution in [2.24, 2.45) is 5.92 Å². The molecule has 0 atom stereocenters. The van der Waals surface area contributed by atoms with Gasteiger partial charge in [-0.15, -0.1) is 0 Å². The predicted molar refractivity (Wildman–Crippen MR) is 87.4 cm³/mol. The van der Waals surface area contributed by atoms with Crippen LogP contribution >= 0.6 is 0 Å². The molecule has 1 aliphatic heterocycles. The maximum absolute atomic E-state index is 12.3. The molecule has 22 heavy (non-hydrogen) atoms. The number of nitrogens with one attached hydrogen (secondary N) is 1. The van der Waals surface area contributed by atoms with E-state index >= 15 is 0 Å². The Balaban J connectivity index is 1.95. The maximum Gasteiger partial charge on any atom is 0.236 e. The largest absolute Gasteiger partial charge is 0.356 e. The molecule has 120 valence electrons. The summed E-state index contributed by atoms with van der Waals surface area (Å²) in [5.41, 5.74) is 0.850. The SMILES string of the molecule is CCNC(=O)C1CCN(S(=O)(=O)/C=C/c2ccccc2)CC1. The van der Waals surface area contributed by atoms with Crippen molar-refractivity contribution >= 4 is 22.0 Å². The zero-order valence-electron chi connectivity index (χ0n) is 12.7. The first-order valence-electron chi connectivity index (χ1n) is 7.54. The Morgan fingerprint density at radius 3 is 2.50 bits per heavy atom. The van der Waals surface area contributed by atoms with Crippen molar-refractivity contribution in [3.8, 4) is 0 Å². The summed E-state index contributed by atoms with van der Waals surface area (Å²) in [5.74, 6) is -0.0520. The predicted octanol–water partition coefficient (Wildman–Crippen LogP) is 1.84. The monoisotopic (exact) mass is 322 g/mol. The zero-order chi connectivity index (χ0) is 16.0. The first-order chi connectivity index (χ1) is 10.5. The van der Waals surface area contributed by atoms with Gasteiger partial charge in [-0.1, -0.05) is 30.3 Å². The molecule has 1 aliphatic rings. The molecule has 2 rings (SSSR count). The summed E-state index contributed by atoms with van der Waals surface area (Å²) in [6.45, 7) is 3.27. The van der Waals surface area contributed by atoms with E-state index in [-0.39, 0.29) is 11.8 Å². The van der Waals surface area contributed by atoms with Gasteiger partial charge in [0.15, 0.2) is 0 Å². The fourth-order valence-corrected chi connectivity index (χ4v) is 3.73. The molecule has 0 bridgehead atoms. The summed E-state index contributed by atoms with van der Waals surface area (Å²) in [7, 11) is -3.42. The molecule has 1 aromatic carbocycles. The van der Waals surface area contributed by atoms with Gasteiger partial charge in [0, 0.05) is 31.0 Å². The molecule has 1 heterocycles. The van der Waals surface area contributed by atoms with Gasteiger partial charge in [-0.2, -0.15) is 4.31 Å². The Morgan fingerprint density at radius 2 is 1.91 bits per heavy atom. The van der Waals surface area contributed by atoms with E-state index in [0.717, 1.165) is 5.56 Å². The van der Waals surface area contributed by atoms with Gasteiger partial charge in [0.25, 0.3) is 0 Å². The van der Waals surface area contributed by atoms with Crippen LogP contribution in [0.15, 0.2) is 35.7 Å². The van der Waals surface area contributed by atoms with Crippen LogP contribution in [0.1, 0.15) is 25.3 Å². The lowest BCUT2D eigenvalue weighted by molar-refractivity contribution is -0.125. The lowest BCUT2D eigenvalue weighted by atomic mass is 9.97. The fraction of sp³-hybridized carbons (Fsp3) is 0.438. The number of benzene rings is 1. The minimum atomic E-state index is -3.42. The van der Waals surface area contributed by atoms with E-state index in [9.17, 15) is 13.2 Å². The lowest BCUT2D eigenvalue weighted by Crippen LogP contribution is -2.42. The minimum Gasteiger partial charge on any atom is -0.356 e. The summed E-state index contributed by atoms with van der Waals surface area (Å²) in [6, 6.07) is 9.33. The normalized spacial score (nSPS) is 17.7. The van der Waals surface area contributed by atoms with Crippen LogP contribution in [-0.4, -0.2) is 38.3 Å². The minimum absolute atomic E-state index is 0.0272. The lowest BCUT2D eigenvalue weighted by Gasteiger charge is -2.29. The van der Waals surface area contributed by atoms with Crippen LogP contribution in [0.3, 0.4) is 0 Å². The highest BCUT2D eigenvalue weighted by molar-refractivity contribution is 7.92. The molecular weight excluding hydrogens is 300 g/mol. The first-order valence-corrected chi connectivity index (χ1v) is 9.04. The summed E-state index contributed by atoms with van der Waals surface area (Å²) in [5, 5.41) is 4.04. The number of carbonyl (C=O) groups is 1. The van der Waals surface area contributed by atoms with Gasteiger partial charge >= 0.3 is 0 Å². The molecule has 0 aromatic heterocycles. The number of rotatable bonds is 5. The van der Waals surface area contributed by atoms with E-state index in [1.807, 2.05) is 37.3 Å². The number of hydrogen-bond acceptors (Lipinski definition) is 3. The Morgan fingerprint density at radius 1 is 1.27 bits per heavy atom. The second kappa shape index (κ2) is 7.56. The number of amides is 1. The molecular formula is C16H22N2O3S. The quantitative estimate of drug-likeness (QED) is 0.899. The van der Waals surface area contributed by atoms with Crippen molar-refractivity contribution in [3.63, 3.8) is 0 Å². The van der Waals surface area contributed by atoms with Gasteiger partial charge in [0.1, 0.15) is 0 Å². The molecule has 1 amide bonds. The number of piperidine rings is 1. The van der Waals surface area contributed by atoms with Crippen molar-refractivity contribution in [3.05, 3.63) is 41.3 Å². The van der Waals surface area contributed by atoms with Crippen LogP contribution in [0.5, 0.6) is 0 Å². The molecule has 0 spiro atoms. The second-order valence-electron chi connectivity index (χ2n) is 5.33. The van der Waals surface area contributed by atoms with Crippen LogP contribution < -0.4 is 5.32 Å². The highest BCUT2D eigenvalue weighted by Crippen LogP contribution is 2.20. The third-order valence-corrected chi connectivity index (χ3v) is 5.33. The summed E-state index contributed by atoms with van der Waals surface area (Å²) in [6.07, 6.45) is 2.75. The van der Waals surface area contributed by atoms with Crippen LogP contribution in [-0.2, 0) is 14.8 Å². The number of carbonyl (C=O) groups excluding carboxylic acids is 1. The third-order valence-electron chi connectivity index (χ3n) is 3.77. The van der Waals surface area contributed by atoms with Crippen LogP contribution in [0.25, 0.3) is 6.08 Å². The number of hydrogen-bond donors (Lipinski definition) is 1. The van der Waals surface area contributed by atoms with Crippen LogP contribution in [0.4, 0.5) is 0 Å². The Kier molecular flexibility index (Phi) is 5.74. The summed E-state index contributed by atoms with van der Waals surface area (Å²) >= 11 is 0. The van der Waals surface area contributed by atoms with Crippen molar-refractivity contribution in [2.45, 2.75) is 19.8 Å². The first kappa shape index (κ1) is 16.7. The van der Waals surface area contributed by atoms with E-state index in [4.69, 9.17) is 0 Å². The van der Waals surface area contributed by atoms with Gasteiger partial charge in [-0.05, 0) is 31.4 Å². The van der Waals surface area contributed by atoms with Crippen molar-refractivity contribution in [2.75, 3.05) is 19.6 Å². The van der Waals surface area contributed by atoms with E-state index in [0.29, 0.717) is 32.5 Å². The highest BCUT2D eigenvalue weighted by Gasteiger charge is 2.29. The van der Waals surface area contributed by atoms with Crippen molar-refractivity contribution in [1.82, 2.24) is 9.62 Å². The van der Waals surface area contributed by atoms with E-state index in [1.54, 1.807) is 6.08 Å². The fourth-order valence-electron chi connectivity index (χ4n) is 2.51. The molecule has 1 N–H and O–H groups in total. The van der Waals surface area contributed by atoms with Crippen molar-refractivity contribution in [1.29, 1.82) is 0 Å². The van der Waals surface area contributed by atoms with Crippen LogP contribution in [0, 0.1) is 5.92 Å². The zero-order valence-corrected chi connectivity index (χ0v) is 13.6. The number of nitrogens with zero attached hydrogens (tertiary/aromatic N) is 1. The second-order valence-corrected chi connectivity index (χ2v) is 7.14. The van der Waals surface area contributed by atoms with E-state index < -0.39 is 10.0 Å². The summed E-state index contributed by atoms with van der Waals surface area (Å²) in [4.78, 5) is 11.8. The van der Waals surface area contributed by atoms with Gasteiger partial charge < -0.3 is 5.32 Å². The van der Waals surface area contributed by atoms with Gasteiger partial charge in [0.05, 0.1) is 0 Å². The van der Waals surface area contributed by atoms with E-state index in [1.165, 1.54) is 9.71 Å². The Bertz CT molecular complexity index is 618. The molecule has 0 radical (unpaired) electrons. The van der Waals surface area contributed by atoms with E-state index in [2.05, 4.69) is 5.32 Å². The molecule has 0 unspecified atom stereocenters. The van der Waals surface area contributed by atoms with Gasteiger partial charge in [0.2, 0.25) is 15.9 Å². The molecule has 5 nitrogen and oxygen atoms in total. The molecule has 0 aliphatic carbocycles. The van der Waals surface area contributed by atoms with Gasteiger partial charge in [-0.25, -0.2) is 8.42 Å². The number of sulfonamides is 1. The third kappa shape index (κ3) is 4.42. The molecule has 1 aromatic rings. The Labute approximate surface area is 132 Å². The summed E-state index contributed by atoms with van der Waals surface area (Å²) < 4.78 is 26.0. The molecule has 1 fully saturated rings. The highest BCUT2D eigenvalue weighted by atomic mass is 32.2. The molecule has 0 saturated carbocycles. The Hall–Kier alpha value is -1.66. The average molecular weight is 322 g/mol.